The van der Waals surface area contributed by atoms with Crippen LogP contribution >= 0.6 is 0 Å². The Bertz CT molecular complexity index is 601. The Morgan fingerprint density at radius 3 is 2.55 bits per heavy atom. The second-order valence-electron chi connectivity index (χ2n) is 6.02. The van der Waals surface area contributed by atoms with Gasteiger partial charge in [0.1, 0.15) is 5.69 Å². The van der Waals surface area contributed by atoms with Gasteiger partial charge in [-0.3, -0.25) is 14.5 Å². The van der Waals surface area contributed by atoms with E-state index in [0.29, 0.717) is 17.8 Å². The Morgan fingerprint density at radius 1 is 1.27 bits per heavy atom. The van der Waals surface area contributed by atoms with E-state index >= 15 is 0 Å². The number of rotatable bonds is 3. The summed E-state index contributed by atoms with van der Waals surface area (Å²) >= 11 is 0. The molecule has 0 bridgehead atoms. The molecule has 0 atom stereocenters. The second-order valence-corrected chi connectivity index (χ2v) is 6.02. The van der Waals surface area contributed by atoms with Crippen molar-refractivity contribution < 1.29 is 9.53 Å². The van der Waals surface area contributed by atoms with Crippen LogP contribution in [0, 0.1) is 0 Å². The van der Waals surface area contributed by atoms with Crippen LogP contribution in [0.15, 0.2) is 16.9 Å². The number of likely N-dealkylation sites (tertiary alicyclic amines) is 2. The first-order chi connectivity index (χ1) is 10.6. The van der Waals surface area contributed by atoms with Gasteiger partial charge in [-0.15, -0.1) is 0 Å². The van der Waals surface area contributed by atoms with Crippen molar-refractivity contribution in [1.29, 1.82) is 0 Å². The van der Waals surface area contributed by atoms with E-state index in [0.717, 1.165) is 39.0 Å². The number of carbonyl (C=O) groups is 1. The maximum absolute atomic E-state index is 12.3. The predicted octanol–water partition coefficient (Wildman–Crippen LogP) is -0.284. The van der Waals surface area contributed by atoms with Gasteiger partial charge in [0.15, 0.2) is 0 Å². The standard InChI is InChI=1S/C15H22N4O3/c1-17-14(20)4-3-13(16-17)15(21)19-9-11(10-19)18-7-5-12(22-2)6-8-18/h3-4,11-12H,5-10H2,1-2H3. The summed E-state index contributed by atoms with van der Waals surface area (Å²) in [6.07, 6.45) is 2.50. The molecule has 1 aromatic rings. The molecule has 7 heteroatoms. The van der Waals surface area contributed by atoms with Gasteiger partial charge in [-0.2, -0.15) is 5.10 Å². The van der Waals surface area contributed by atoms with E-state index in [1.807, 2.05) is 0 Å². The Hall–Kier alpha value is -1.73. The van der Waals surface area contributed by atoms with Gasteiger partial charge >= 0.3 is 0 Å². The number of carbonyl (C=O) groups excluding carboxylic acids is 1. The van der Waals surface area contributed by atoms with Crippen LogP contribution in [0.3, 0.4) is 0 Å². The molecule has 0 radical (unpaired) electrons. The highest BCUT2D eigenvalue weighted by molar-refractivity contribution is 5.92. The highest BCUT2D eigenvalue weighted by atomic mass is 16.5. The fraction of sp³-hybridized carbons (Fsp3) is 0.667. The molecule has 2 fully saturated rings. The number of ether oxygens (including phenoxy) is 1. The third-order valence-corrected chi connectivity index (χ3v) is 4.66. The van der Waals surface area contributed by atoms with Crippen molar-refractivity contribution in [3.63, 3.8) is 0 Å². The van der Waals surface area contributed by atoms with Crippen LogP contribution in [0.5, 0.6) is 0 Å². The average Bonchev–Trinajstić information content (AvgIpc) is 2.49. The molecule has 2 aliphatic rings. The van der Waals surface area contributed by atoms with Crippen LogP contribution in [-0.4, -0.2) is 70.9 Å². The first kappa shape index (κ1) is 15.2. The van der Waals surface area contributed by atoms with Gasteiger partial charge < -0.3 is 9.64 Å². The van der Waals surface area contributed by atoms with Crippen molar-refractivity contribution in [3.05, 3.63) is 28.2 Å². The zero-order valence-electron chi connectivity index (χ0n) is 13.1. The molecule has 0 N–H and O–H groups in total. The van der Waals surface area contributed by atoms with E-state index in [9.17, 15) is 9.59 Å². The van der Waals surface area contributed by atoms with Crippen LogP contribution in [-0.2, 0) is 11.8 Å². The molecule has 0 aliphatic carbocycles. The van der Waals surface area contributed by atoms with E-state index in [-0.39, 0.29) is 11.5 Å². The lowest BCUT2D eigenvalue weighted by Gasteiger charge is -2.47. The minimum absolute atomic E-state index is 0.0985. The van der Waals surface area contributed by atoms with E-state index in [2.05, 4.69) is 10.00 Å². The van der Waals surface area contributed by atoms with Gasteiger partial charge in [0.25, 0.3) is 11.5 Å². The SMILES string of the molecule is COC1CCN(C2CN(C(=O)c3ccc(=O)n(C)n3)C2)CC1. The topological polar surface area (TPSA) is 67.7 Å². The van der Waals surface area contributed by atoms with Crippen LogP contribution in [0.1, 0.15) is 23.3 Å². The maximum atomic E-state index is 12.3. The maximum Gasteiger partial charge on any atom is 0.274 e. The van der Waals surface area contributed by atoms with Crippen LogP contribution in [0.4, 0.5) is 0 Å². The molecule has 0 spiro atoms. The van der Waals surface area contributed by atoms with E-state index in [4.69, 9.17) is 4.74 Å². The number of methoxy groups -OCH3 is 1. The Balaban J connectivity index is 1.53. The molecule has 2 aliphatic heterocycles. The first-order valence-electron chi connectivity index (χ1n) is 7.69. The smallest absolute Gasteiger partial charge is 0.274 e. The lowest BCUT2D eigenvalue weighted by atomic mass is 10.0. The van der Waals surface area contributed by atoms with Crippen LogP contribution < -0.4 is 5.56 Å². The zero-order chi connectivity index (χ0) is 15.7. The molecule has 1 amide bonds. The number of piperidine rings is 1. The van der Waals surface area contributed by atoms with E-state index < -0.39 is 0 Å². The lowest BCUT2D eigenvalue weighted by Crippen LogP contribution is -2.62. The molecule has 0 unspecified atom stereocenters. The van der Waals surface area contributed by atoms with Gasteiger partial charge in [0.05, 0.1) is 6.10 Å². The molecule has 3 rings (SSSR count). The zero-order valence-corrected chi connectivity index (χ0v) is 13.1. The van der Waals surface area contributed by atoms with Crippen molar-refractivity contribution in [1.82, 2.24) is 19.6 Å². The van der Waals surface area contributed by atoms with E-state index in [1.165, 1.54) is 16.8 Å². The molecule has 7 nitrogen and oxygen atoms in total. The summed E-state index contributed by atoms with van der Waals surface area (Å²) < 4.78 is 6.58. The predicted molar refractivity (Wildman–Crippen MR) is 80.8 cm³/mol. The molecule has 0 saturated carbocycles. The molecular weight excluding hydrogens is 284 g/mol. The van der Waals surface area contributed by atoms with Crippen molar-refractivity contribution in [2.45, 2.75) is 25.0 Å². The Kier molecular flexibility index (Phi) is 4.26. The fourth-order valence-electron chi connectivity index (χ4n) is 3.11. The van der Waals surface area contributed by atoms with Crippen molar-refractivity contribution in [2.75, 3.05) is 33.3 Å². The quantitative estimate of drug-likeness (QED) is 0.768. The molecule has 22 heavy (non-hydrogen) atoms. The summed E-state index contributed by atoms with van der Waals surface area (Å²) in [5, 5.41) is 4.02. The molecule has 2 saturated heterocycles. The Morgan fingerprint density at radius 2 is 1.95 bits per heavy atom. The minimum atomic E-state index is -0.209. The average molecular weight is 306 g/mol. The summed E-state index contributed by atoms with van der Waals surface area (Å²) in [6.45, 7) is 3.54. The highest BCUT2D eigenvalue weighted by Crippen LogP contribution is 2.22. The lowest BCUT2D eigenvalue weighted by molar-refractivity contribution is -0.0122. The monoisotopic (exact) mass is 306 g/mol. The van der Waals surface area contributed by atoms with Gasteiger partial charge in [-0.1, -0.05) is 0 Å². The molecule has 3 heterocycles. The highest BCUT2D eigenvalue weighted by Gasteiger charge is 2.37. The third kappa shape index (κ3) is 2.91. The number of nitrogens with zero attached hydrogens (tertiary/aromatic N) is 4. The number of aryl methyl sites for hydroxylation is 1. The largest absolute Gasteiger partial charge is 0.381 e. The molecule has 0 aromatic carbocycles. The van der Waals surface area contributed by atoms with E-state index in [1.54, 1.807) is 19.1 Å². The van der Waals surface area contributed by atoms with Crippen LogP contribution in [0.25, 0.3) is 0 Å². The van der Waals surface area contributed by atoms with Gasteiger partial charge in [0.2, 0.25) is 0 Å². The summed E-state index contributed by atoms with van der Waals surface area (Å²) in [7, 11) is 3.32. The third-order valence-electron chi connectivity index (χ3n) is 4.66. The van der Waals surface area contributed by atoms with Gasteiger partial charge in [0, 0.05) is 52.4 Å². The van der Waals surface area contributed by atoms with Gasteiger partial charge in [-0.05, 0) is 18.9 Å². The first-order valence-corrected chi connectivity index (χ1v) is 7.69. The summed E-state index contributed by atoms with van der Waals surface area (Å²) in [5.41, 5.74) is 0.123. The fourth-order valence-corrected chi connectivity index (χ4v) is 3.11. The molecule has 120 valence electrons. The Labute approximate surface area is 129 Å². The number of hydrogen-bond acceptors (Lipinski definition) is 5. The number of aromatic nitrogens is 2. The van der Waals surface area contributed by atoms with Gasteiger partial charge in [-0.25, -0.2) is 4.68 Å². The van der Waals surface area contributed by atoms with Crippen molar-refractivity contribution in [2.24, 2.45) is 7.05 Å². The minimum Gasteiger partial charge on any atom is -0.381 e. The second kappa shape index (κ2) is 6.18. The van der Waals surface area contributed by atoms with Crippen LogP contribution in [0.2, 0.25) is 0 Å². The summed E-state index contributed by atoms with van der Waals surface area (Å²) in [5.74, 6) is -0.0985. The van der Waals surface area contributed by atoms with Crippen molar-refractivity contribution >= 4 is 5.91 Å². The van der Waals surface area contributed by atoms with Crippen molar-refractivity contribution in [3.8, 4) is 0 Å². The number of amides is 1. The molecular formula is C15H22N4O3. The molecule has 1 aromatic heterocycles. The normalized spacial score (nSPS) is 20.9. The number of hydrogen-bond donors (Lipinski definition) is 0. The summed E-state index contributed by atoms with van der Waals surface area (Å²) in [4.78, 5) is 27.9. The summed E-state index contributed by atoms with van der Waals surface area (Å²) in [6, 6.07) is 3.32.